The minimum atomic E-state index is -1.64. The molecule has 0 fully saturated rings. The smallest absolute Gasteiger partial charge is 0.195 e. The Kier molecular flexibility index (Phi) is 3.92. The van der Waals surface area contributed by atoms with Crippen molar-refractivity contribution in [3.8, 4) is 0 Å². The Bertz CT molecular complexity index is 650. The van der Waals surface area contributed by atoms with Crippen LogP contribution in [0.15, 0.2) is 24.4 Å². The quantitative estimate of drug-likeness (QED) is 0.637. The van der Waals surface area contributed by atoms with Crippen LogP contribution in [-0.4, -0.2) is 15.6 Å². The summed E-state index contributed by atoms with van der Waals surface area (Å²) < 4.78 is 41.0. The maximum absolute atomic E-state index is 13.5. The maximum Gasteiger partial charge on any atom is 0.195 e. The third kappa shape index (κ3) is 2.74. The minimum absolute atomic E-state index is 0.138. The molecule has 0 atom stereocenters. The molecule has 0 saturated heterocycles. The van der Waals surface area contributed by atoms with E-state index in [0.29, 0.717) is 5.69 Å². The van der Waals surface area contributed by atoms with Crippen LogP contribution in [0.3, 0.4) is 0 Å². The fourth-order valence-corrected chi connectivity index (χ4v) is 1.76. The highest BCUT2D eigenvalue weighted by molar-refractivity contribution is 5.97. The Labute approximate surface area is 114 Å². The zero-order chi connectivity index (χ0) is 14.9. The molecule has 0 unspecified atom stereocenters. The number of carbonyl (C=O) groups excluding carboxylic acids is 1. The number of aromatic nitrogens is 2. The third-order valence-electron chi connectivity index (χ3n) is 2.87. The van der Waals surface area contributed by atoms with Gasteiger partial charge >= 0.3 is 0 Å². The lowest BCUT2D eigenvalue weighted by Gasteiger charge is -2.04. The molecular weight excluding hydrogens is 269 g/mol. The van der Waals surface area contributed by atoms with E-state index in [1.54, 1.807) is 16.9 Å². The number of hydrogen-bond donors (Lipinski definition) is 0. The van der Waals surface area contributed by atoms with Gasteiger partial charge in [0.2, 0.25) is 0 Å². The highest BCUT2D eigenvalue weighted by Gasteiger charge is 2.19. The van der Waals surface area contributed by atoms with Crippen LogP contribution in [0.2, 0.25) is 0 Å². The lowest BCUT2D eigenvalue weighted by molar-refractivity contribution is 0.0986. The van der Waals surface area contributed by atoms with Crippen LogP contribution in [0.4, 0.5) is 13.2 Å². The summed E-state index contributed by atoms with van der Waals surface area (Å²) in [4.78, 5) is 11.9. The molecule has 0 saturated carbocycles. The molecule has 0 aliphatic heterocycles. The standard InChI is InChI=1S/C14H13F3N2O/c1-8(2)19-6-5-9(18-19)7-12(20)10-3-4-11(15)14(17)13(10)16/h3-6,8H,7H2,1-2H3. The number of hydrogen-bond acceptors (Lipinski definition) is 2. The molecule has 1 aromatic carbocycles. The van der Waals surface area contributed by atoms with E-state index < -0.39 is 28.8 Å². The van der Waals surface area contributed by atoms with E-state index in [4.69, 9.17) is 0 Å². The molecule has 0 aliphatic carbocycles. The molecule has 6 heteroatoms. The van der Waals surface area contributed by atoms with E-state index in [2.05, 4.69) is 5.10 Å². The van der Waals surface area contributed by atoms with E-state index in [0.717, 1.165) is 12.1 Å². The summed E-state index contributed by atoms with van der Waals surface area (Å²) in [6.45, 7) is 3.85. The molecule has 0 spiro atoms. The number of rotatable bonds is 4. The summed E-state index contributed by atoms with van der Waals surface area (Å²) in [5.41, 5.74) is -0.0177. The Balaban J connectivity index is 2.22. The van der Waals surface area contributed by atoms with Crippen LogP contribution in [0, 0.1) is 17.5 Å². The van der Waals surface area contributed by atoms with Gasteiger partial charge in [0, 0.05) is 12.2 Å². The molecule has 20 heavy (non-hydrogen) atoms. The first-order chi connectivity index (χ1) is 9.40. The first-order valence-electron chi connectivity index (χ1n) is 6.11. The van der Waals surface area contributed by atoms with Gasteiger partial charge in [-0.05, 0) is 32.0 Å². The molecule has 0 aliphatic rings. The van der Waals surface area contributed by atoms with Crippen molar-refractivity contribution in [3.05, 3.63) is 53.1 Å². The topological polar surface area (TPSA) is 34.9 Å². The molecule has 2 rings (SSSR count). The Hall–Kier alpha value is -2.11. The first-order valence-corrected chi connectivity index (χ1v) is 6.11. The van der Waals surface area contributed by atoms with E-state index in [1.807, 2.05) is 13.8 Å². The molecule has 0 N–H and O–H groups in total. The number of benzene rings is 1. The maximum atomic E-state index is 13.5. The number of carbonyl (C=O) groups is 1. The Morgan fingerprint density at radius 3 is 2.50 bits per heavy atom. The SMILES string of the molecule is CC(C)n1ccc(CC(=O)c2ccc(F)c(F)c2F)n1. The summed E-state index contributed by atoms with van der Waals surface area (Å²) in [7, 11) is 0. The molecule has 1 heterocycles. The average Bonchev–Trinajstić information content (AvgIpc) is 2.84. The summed E-state index contributed by atoms with van der Waals surface area (Å²) in [5, 5.41) is 4.15. The van der Waals surface area contributed by atoms with E-state index in [1.165, 1.54) is 0 Å². The van der Waals surface area contributed by atoms with Crippen LogP contribution in [0.5, 0.6) is 0 Å². The Morgan fingerprint density at radius 1 is 1.20 bits per heavy atom. The summed E-state index contributed by atoms with van der Waals surface area (Å²) in [6.07, 6.45) is 1.54. The molecule has 0 radical (unpaired) electrons. The van der Waals surface area contributed by atoms with Crippen LogP contribution in [-0.2, 0) is 6.42 Å². The number of halogens is 3. The van der Waals surface area contributed by atoms with Gasteiger partial charge < -0.3 is 0 Å². The molecule has 0 bridgehead atoms. The zero-order valence-corrected chi connectivity index (χ0v) is 11.0. The van der Waals surface area contributed by atoms with Crippen molar-refractivity contribution in [2.24, 2.45) is 0 Å². The van der Waals surface area contributed by atoms with Gasteiger partial charge in [-0.15, -0.1) is 0 Å². The monoisotopic (exact) mass is 282 g/mol. The predicted molar refractivity (Wildman–Crippen MR) is 67.0 cm³/mol. The first kappa shape index (κ1) is 14.3. The normalized spacial score (nSPS) is 11.1. The fourth-order valence-electron chi connectivity index (χ4n) is 1.76. The predicted octanol–water partition coefficient (Wildman–Crippen LogP) is 3.31. The molecular formula is C14H13F3N2O. The van der Waals surface area contributed by atoms with Crippen LogP contribution in [0.25, 0.3) is 0 Å². The van der Waals surface area contributed by atoms with E-state index in [9.17, 15) is 18.0 Å². The van der Waals surface area contributed by atoms with Crippen molar-refractivity contribution in [2.75, 3.05) is 0 Å². The average molecular weight is 282 g/mol. The lowest BCUT2D eigenvalue weighted by atomic mass is 10.1. The molecule has 3 nitrogen and oxygen atoms in total. The molecule has 0 amide bonds. The molecule has 1 aromatic heterocycles. The second-order valence-electron chi connectivity index (χ2n) is 4.70. The second-order valence-corrected chi connectivity index (χ2v) is 4.70. The van der Waals surface area contributed by atoms with E-state index >= 15 is 0 Å². The number of Topliss-reactive ketones (excluding diaryl/α,β-unsaturated/α-hetero) is 1. The largest absolute Gasteiger partial charge is 0.294 e. The van der Waals surface area contributed by atoms with Gasteiger partial charge in [-0.1, -0.05) is 0 Å². The van der Waals surface area contributed by atoms with Gasteiger partial charge in [0.15, 0.2) is 23.2 Å². The summed E-state index contributed by atoms with van der Waals surface area (Å²) in [6, 6.07) is 3.45. The van der Waals surface area contributed by atoms with Crippen molar-refractivity contribution < 1.29 is 18.0 Å². The van der Waals surface area contributed by atoms with Gasteiger partial charge in [0.25, 0.3) is 0 Å². The van der Waals surface area contributed by atoms with Crippen LogP contribution >= 0.6 is 0 Å². The van der Waals surface area contributed by atoms with Crippen LogP contribution < -0.4 is 0 Å². The highest BCUT2D eigenvalue weighted by Crippen LogP contribution is 2.17. The van der Waals surface area contributed by atoms with Crippen molar-refractivity contribution in [1.29, 1.82) is 0 Å². The Morgan fingerprint density at radius 2 is 1.90 bits per heavy atom. The van der Waals surface area contributed by atoms with Crippen molar-refractivity contribution in [1.82, 2.24) is 9.78 Å². The summed E-state index contributed by atoms with van der Waals surface area (Å²) >= 11 is 0. The van der Waals surface area contributed by atoms with Crippen molar-refractivity contribution >= 4 is 5.78 Å². The van der Waals surface area contributed by atoms with Gasteiger partial charge in [-0.2, -0.15) is 5.10 Å². The number of nitrogens with zero attached hydrogens (tertiary/aromatic N) is 2. The number of ketones is 1. The third-order valence-corrected chi connectivity index (χ3v) is 2.87. The van der Waals surface area contributed by atoms with Gasteiger partial charge in [0.05, 0.1) is 17.7 Å². The van der Waals surface area contributed by atoms with Gasteiger partial charge in [-0.25, -0.2) is 13.2 Å². The minimum Gasteiger partial charge on any atom is -0.294 e. The molecule has 2 aromatic rings. The summed E-state index contributed by atoms with van der Waals surface area (Å²) in [5.74, 6) is -5.06. The fraction of sp³-hybridized carbons (Fsp3) is 0.286. The van der Waals surface area contributed by atoms with E-state index in [-0.39, 0.29) is 12.5 Å². The second kappa shape index (κ2) is 5.48. The van der Waals surface area contributed by atoms with Crippen molar-refractivity contribution in [2.45, 2.75) is 26.3 Å². The van der Waals surface area contributed by atoms with Crippen molar-refractivity contribution in [3.63, 3.8) is 0 Å². The zero-order valence-electron chi connectivity index (χ0n) is 11.0. The van der Waals surface area contributed by atoms with Gasteiger partial charge in [-0.3, -0.25) is 9.48 Å². The lowest BCUT2D eigenvalue weighted by Crippen LogP contribution is -2.10. The highest BCUT2D eigenvalue weighted by atomic mass is 19.2. The van der Waals surface area contributed by atoms with Gasteiger partial charge in [0.1, 0.15) is 0 Å². The molecule has 106 valence electrons. The van der Waals surface area contributed by atoms with Crippen LogP contribution in [0.1, 0.15) is 35.9 Å².